The molecule has 3 rings (SSSR count). The Hall–Kier alpha value is -1.69. The van der Waals surface area contributed by atoms with Gasteiger partial charge in [-0.25, -0.2) is 4.98 Å². The van der Waals surface area contributed by atoms with E-state index >= 15 is 0 Å². The summed E-state index contributed by atoms with van der Waals surface area (Å²) in [7, 11) is 0. The molecule has 6 nitrogen and oxygen atoms in total. The van der Waals surface area contributed by atoms with E-state index in [2.05, 4.69) is 32.2 Å². The van der Waals surface area contributed by atoms with E-state index < -0.39 is 0 Å². The Kier molecular flexibility index (Phi) is 4.05. The van der Waals surface area contributed by atoms with Crippen LogP contribution in [0.4, 0.5) is 5.95 Å². The fraction of sp³-hybridized carbons (Fsp3) is 0.571. The van der Waals surface area contributed by atoms with Gasteiger partial charge in [0.15, 0.2) is 0 Å². The van der Waals surface area contributed by atoms with Crippen molar-refractivity contribution in [2.24, 2.45) is 5.41 Å². The fourth-order valence-corrected chi connectivity index (χ4v) is 2.94. The summed E-state index contributed by atoms with van der Waals surface area (Å²) in [6, 6.07) is 0. The Morgan fingerprint density at radius 3 is 2.76 bits per heavy atom. The van der Waals surface area contributed by atoms with Gasteiger partial charge in [-0.15, -0.1) is 0 Å². The predicted octanol–water partition coefficient (Wildman–Crippen LogP) is 3.09. The van der Waals surface area contributed by atoms with Crippen LogP contribution in [0.1, 0.15) is 39.0 Å². The van der Waals surface area contributed by atoms with Crippen molar-refractivity contribution in [1.29, 1.82) is 0 Å². The summed E-state index contributed by atoms with van der Waals surface area (Å²) in [6.07, 6.45) is 11.5. The standard InChI is InChI=1S/C14H19ClN6/c1-14(5-3-2-4-6-14)9-17-12-18-11(15)19-13(20-12)21-8-7-16-10-21/h7-8,10H,2-6,9H2,1H3,(H,17,18,19,20). The highest BCUT2D eigenvalue weighted by Crippen LogP contribution is 2.35. The molecule has 0 saturated heterocycles. The molecular formula is C14H19ClN6. The molecule has 0 amide bonds. The third-order valence-electron chi connectivity index (χ3n) is 4.07. The highest BCUT2D eigenvalue weighted by molar-refractivity contribution is 6.28. The second kappa shape index (κ2) is 5.97. The quantitative estimate of drug-likeness (QED) is 0.940. The molecule has 0 bridgehead atoms. The monoisotopic (exact) mass is 306 g/mol. The maximum absolute atomic E-state index is 5.99. The predicted molar refractivity (Wildman–Crippen MR) is 81.6 cm³/mol. The minimum atomic E-state index is 0.185. The highest BCUT2D eigenvalue weighted by Gasteiger charge is 2.26. The average molecular weight is 307 g/mol. The molecule has 0 atom stereocenters. The number of anilines is 1. The zero-order valence-corrected chi connectivity index (χ0v) is 12.8. The lowest BCUT2D eigenvalue weighted by Gasteiger charge is -2.33. The lowest BCUT2D eigenvalue weighted by Crippen LogP contribution is -2.29. The molecular weight excluding hydrogens is 288 g/mol. The Morgan fingerprint density at radius 1 is 1.24 bits per heavy atom. The van der Waals surface area contributed by atoms with Crippen molar-refractivity contribution in [2.45, 2.75) is 39.0 Å². The summed E-state index contributed by atoms with van der Waals surface area (Å²) in [5.41, 5.74) is 0.312. The summed E-state index contributed by atoms with van der Waals surface area (Å²) in [4.78, 5) is 16.7. The van der Waals surface area contributed by atoms with Gasteiger partial charge in [-0.05, 0) is 29.9 Å². The van der Waals surface area contributed by atoms with E-state index in [1.165, 1.54) is 32.1 Å². The van der Waals surface area contributed by atoms with Crippen molar-refractivity contribution in [1.82, 2.24) is 24.5 Å². The first-order valence-corrected chi connectivity index (χ1v) is 7.66. The van der Waals surface area contributed by atoms with Crippen molar-refractivity contribution in [2.75, 3.05) is 11.9 Å². The minimum absolute atomic E-state index is 0.185. The van der Waals surface area contributed by atoms with E-state index in [-0.39, 0.29) is 5.28 Å². The molecule has 2 aromatic heterocycles. The summed E-state index contributed by atoms with van der Waals surface area (Å²) in [5.74, 6) is 0.995. The van der Waals surface area contributed by atoms with Crippen LogP contribution in [0.3, 0.4) is 0 Å². The number of nitrogens with one attached hydrogen (secondary N) is 1. The zero-order chi connectivity index (χ0) is 14.7. The molecule has 7 heteroatoms. The summed E-state index contributed by atoms with van der Waals surface area (Å²) in [6.45, 7) is 3.18. The van der Waals surface area contributed by atoms with Crippen LogP contribution in [0.15, 0.2) is 18.7 Å². The number of aromatic nitrogens is 5. The first-order chi connectivity index (χ1) is 10.1. The second-order valence-electron chi connectivity index (χ2n) is 5.92. The molecule has 1 aliphatic rings. The minimum Gasteiger partial charge on any atom is -0.353 e. The third-order valence-corrected chi connectivity index (χ3v) is 4.23. The van der Waals surface area contributed by atoms with Crippen LogP contribution in [0.5, 0.6) is 0 Å². The molecule has 0 spiro atoms. The van der Waals surface area contributed by atoms with Gasteiger partial charge in [0.1, 0.15) is 6.33 Å². The van der Waals surface area contributed by atoms with Crippen molar-refractivity contribution >= 4 is 17.5 Å². The van der Waals surface area contributed by atoms with Gasteiger partial charge in [-0.1, -0.05) is 26.2 Å². The summed E-state index contributed by atoms with van der Waals surface area (Å²) < 4.78 is 1.71. The van der Waals surface area contributed by atoms with Crippen LogP contribution in [-0.2, 0) is 0 Å². The number of imidazole rings is 1. The topological polar surface area (TPSA) is 68.5 Å². The largest absolute Gasteiger partial charge is 0.353 e. The number of hydrogen-bond acceptors (Lipinski definition) is 5. The van der Waals surface area contributed by atoms with Crippen LogP contribution >= 0.6 is 11.6 Å². The molecule has 1 N–H and O–H groups in total. The van der Waals surface area contributed by atoms with Gasteiger partial charge < -0.3 is 5.32 Å². The van der Waals surface area contributed by atoms with Crippen LogP contribution < -0.4 is 5.32 Å². The Bertz CT molecular complexity index is 592. The normalized spacial score (nSPS) is 17.6. The molecule has 2 heterocycles. The molecule has 1 fully saturated rings. The number of nitrogens with zero attached hydrogens (tertiary/aromatic N) is 5. The van der Waals surface area contributed by atoms with Gasteiger partial charge in [0.25, 0.3) is 0 Å². The number of halogens is 1. The van der Waals surface area contributed by atoms with Crippen LogP contribution in [0.25, 0.3) is 5.95 Å². The smallest absolute Gasteiger partial charge is 0.241 e. The van der Waals surface area contributed by atoms with Crippen LogP contribution in [0, 0.1) is 5.41 Å². The van der Waals surface area contributed by atoms with Crippen molar-refractivity contribution in [3.05, 3.63) is 24.0 Å². The highest BCUT2D eigenvalue weighted by atomic mass is 35.5. The summed E-state index contributed by atoms with van der Waals surface area (Å²) >= 11 is 5.99. The average Bonchev–Trinajstić information content (AvgIpc) is 3.00. The van der Waals surface area contributed by atoms with Crippen molar-refractivity contribution in [3.8, 4) is 5.95 Å². The van der Waals surface area contributed by atoms with Gasteiger partial charge in [-0.3, -0.25) is 4.57 Å². The van der Waals surface area contributed by atoms with Gasteiger partial charge >= 0.3 is 0 Å². The molecule has 0 radical (unpaired) electrons. The first-order valence-electron chi connectivity index (χ1n) is 7.28. The Balaban J connectivity index is 1.73. The maximum Gasteiger partial charge on any atom is 0.241 e. The van der Waals surface area contributed by atoms with Crippen molar-refractivity contribution < 1.29 is 0 Å². The molecule has 1 aliphatic carbocycles. The van der Waals surface area contributed by atoms with Gasteiger partial charge in [0.2, 0.25) is 17.2 Å². The van der Waals surface area contributed by atoms with E-state index in [4.69, 9.17) is 11.6 Å². The van der Waals surface area contributed by atoms with E-state index in [1.807, 2.05) is 0 Å². The number of hydrogen-bond donors (Lipinski definition) is 1. The van der Waals surface area contributed by atoms with E-state index in [9.17, 15) is 0 Å². The summed E-state index contributed by atoms with van der Waals surface area (Å²) in [5, 5.41) is 3.50. The molecule has 0 aliphatic heterocycles. The zero-order valence-electron chi connectivity index (χ0n) is 12.1. The molecule has 2 aromatic rings. The SMILES string of the molecule is CC1(CNc2nc(Cl)nc(-n3ccnc3)n2)CCCCC1. The van der Waals surface area contributed by atoms with Gasteiger partial charge in [0.05, 0.1) is 0 Å². The first kappa shape index (κ1) is 14.3. The van der Waals surface area contributed by atoms with Gasteiger partial charge in [0, 0.05) is 18.9 Å². The lowest BCUT2D eigenvalue weighted by atomic mass is 9.76. The molecule has 21 heavy (non-hydrogen) atoms. The Morgan fingerprint density at radius 2 is 2.05 bits per heavy atom. The maximum atomic E-state index is 5.99. The molecule has 0 aromatic carbocycles. The van der Waals surface area contributed by atoms with Crippen molar-refractivity contribution in [3.63, 3.8) is 0 Å². The van der Waals surface area contributed by atoms with Crippen LogP contribution in [-0.4, -0.2) is 31.0 Å². The molecule has 0 unspecified atom stereocenters. The number of rotatable bonds is 4. The molecule has 112 valence electrons. The van der Waals surface area contributed by atoms with E-state index in [0.717, 1.165) is 6.54 Å². The third kappa shape index (κ3) is 3.50. The lowest BCUT2D eigenvalue weighted by molar-refractivity contribution is 0.233. The second-order valence-corrected chi connectivity index (χ2v) is 6.26. The molecule has 1 saturated carbocycles. The van der Waals surface area contributed by atoms with E-state index in [1.54, 1.807) is 23.3 Å². The Labute approximate surface area is 129 Å². The van der Waals surface area contributed by atoms with E-state index in [0.29, 0.717) is 17.3 Å². The van der Waals surface area contributed by atoms with Crippen LogP contribution in [0.2, 0.25) is 5.28 Å². The van der Waals surface area contributed by atoms with Gasteiger partial charge in [-0.2, -0.15) is 15.0 Å². The fourth-order valence-electron chi connectivity index (χ4n) is 2.79.